The number of hydrogen-bond acceptors (Lipinski definition) is 3. The molecule has 0 bridgehead atoms. The van der Waals surface area contributed by atoms with E-state index in [4.69, 9.17) is 9.16 Å². The van der Waals surface area contributed by atoms with Crippen LogP contribution in [0.1, 0.15) is 39.3 Å². The first-order chi connectivity index (χ1) is 11.1. The maximum atomic E-state index is 11.6. The topological polar surface area (TPSA) is 47.6 Å². The molecule has 0 saturated carbocycles. The third kappa shape index (κ3) is 6.13. The Bertz CT molecular complexity index is 549. The second-order valence-corrected chi connectivity index (χ2v) is 12.2. The number of ether oxygens (including phenoxy) is 1. The van der Waals surface area contributed by atoms with Crippen molar-refractivity contribution in [3.8, 4) is 0 Å². The molecule has 1 aromatic carbocycles. The minimum Gasteiger partial charge on any atom is -0.453 e. The van der Waals surface area contributed by atoms with E-state index in [-0.39, 0.29) is 17.2 Å². The van der Waals surface area contributed by atoms with Crippen LogP contribution in [0.4, 0.5) is 4.79 Å². The number of amides is 1. The first-order valence-corrected chi connectivity index (χ1v) is 11.2. The summed E-state index contributed by atoms with van der Waals surface area (Å²) < 4.78 is 11.1. The molecule has 2 atom stereocenters. The van der Waals surface area contributed by atoms with Crippen molar-refractivity contribution < 1.29 is 14.0 Å². The molecule has 24 heavy (non-hydrogen) atoms. The number of methoxy groups -OCH3 is 1. The van der Waals surface area contributed by atoms with Crippen LogP contribution in [0.25, 0.3) is 0 Å². The van der Waals surface area contributed by atoms with Gasteiger partial charge in [0.25, 0.3) is 0 Å². The van der Waals surface area contributed by atoms with Gasteiger partial charge in [-0.1, -0.05) is 63.3 Å². The fraction of sp³-hybridized carbons (Fsp3) is 0.526. The average molecular weight is 350 g/mol. The van der Waals surface area contributed by atoms with Crippen LogP contribution in [0, 0.1) is 0 Å². The third-order valence-electron chi connectivity index (χ3n) is 4.48. The average Bonchev–Trinajstić information content (AvgIpc) is 2.50. The lowest BCUT2D eigenvalue weighted by Crippen LogP contribution is -2.42. The van der Waals surface area contributed by atoms with E-state index in [1.165, 1.54) is 7.11 Å². The lowest BCUT2D eigenvalue weighted by atomic mass is 10.1. The highest BCUT2D eigenvalue weighted by Gasteiger charge is 2.38. The molecule has 0 fully saturated rings. The quantitative estimate of drug-likeness (QED) is 0.577. The second-order valence-electron chi connectivity index (χ2n) is 7.49. The summed E-state index contributed by atoms with van der Waals surface area (Å²) in [5, 5.41) is 3.00. The van der Waals surface area contributed by atoms with Gasteiger partial charge in [0.1, 0.15) is 0 Å². The lowest BCUT2D eigenvalue weighted by molar-refractivity contribution is 0.168. The molecule has 0 saturated heterocycles. The fourth-order valence-corrected chi connectivity index (χ4v) is 3.40. The van der Waals surface area contributed by atoms with Crippen molar-refractivity contribution in [2.75, 3.05) is 7.11 Å². The predicted molar refractivity (Wildman–Crippen MR) is 102 cm³/mol. The van der Waals surface area contributed by atoms with E-state index < -0.39 is 14.4 Å². The van der Waals surface area contributed by atoms with E-state index in [9.17, 15) is 4.79 Å². The molecule has 0 aliphatic heterocycles. The normalized spacial score (nSPS) is 15.1. The summed E-state index contributed by atoms with van der Waals surface area (Å²) in [5.74, 6) is 0. The number of nitrogens with one attached hydrogen (secondary N) is 1. The molecule has 134 valence electrons. The molecular formula is C19H31NO3Si. The smallest absolute Gasteiger partial charge is 0.407 e. The van der Waals surface area contributed by atoms with Crippen LogP contribution in [0.3, 0.4) is 0 Å². The summed E-state index contributed by atoms with van der Waals surface area (Å²) in [5.41, 5.74) is 0.999. The first kappa shape index (κ1) is 20.5. The Labute approximate surface area is 147 Å². The van der Waals surface area contributed by atoms with Gasteiger partial charge in [-0.2, -0.15) is 0 Å². The maximum absolute atomic E-state index is 11.6. The molecule has 1 aromatic rings. The van der Waals surface area contributed by atoms with Gasteiger partial charge in [-0.05, 0) is 30.6 Å². The fourth-order valence-electron chi connectivity index (χ4n) is 2.04. The van der Waals surface area contributed by atoms with Crippen molar-refractivity contribution in [3.63, 3.8) is 0 Å². The van der Waals surface area contributed by atoms with Crippen molar-refractivity contribution in [1.82, 2.24) is 5.32 Å². The van der Waals surface area contributed by atoms with E-state index in [1.54, 1.807) is 0 Å². The number of alkyl carbamates (subject to hydrolysis) is 1. The Morgan fingerprint density at radius 3 is 2.25 bits per heavy atom. The van der Waals surface area contributed by atoms with E-state index in [2.05, 4.69) is 39.2 Å². The van der Waals surface area contributed by atoms with Crippen molar-refractivity contribution in [2.24, 2.45) is 0 Å². The zero-order valence-electron chi connectivity index (χ0n) is 15.9. The second kappa shape index (κ2) is 8.49. The van der Waals surface area contributed by atoms with Gasteiger partial charge in [0, 0.05) is 0 Å². The first-order valence-electron chi connectivity index (χ1n) is 8.32. The Kier molecular flexibility index (Phi) is 7.23. The highest BCUT2D eigenvalue weighted by atomic mass is 28.4. The highest BCUT2D eigenvalue weighted by molar-refractivity contribution is 6.74. The minimum absolute atomic E-state index is 0.0171. The number of carbonyl (C=O) groups is 1. The summed E-state index contributed by atoms with van der Waals surface area (Å²) in [6, 6.07) is 9.56. The van der Waals surface area contributed by atoms with Crippen molar-refractivity contribution in [2.45, 2.75) is 58.0 Å². The van der Waals surface area contributed by atoms with Crippen molar-refractivity contribution in [1.29, 1.82) is 0 Å². The van der Waals surface area contributed by atoms with E-state index in [0.29, 0.717) is 0 Å². The van der Waals surface area contributed by atoms with Gasteiger partial charge in [0.2, 0.25) is 0 Å². The molecule has 1 amide bonds. The molecule has 1 unspecified atom stereocenters. The lowest BCUT2D eigenvalue weighted by Gasteiger charge is -2.37. The number of benzene rings is 1. The van der Waals surface area contributed by atoms with Crippen LogP contribution < -0.4 is 5.32 Å². The predicted octanol–water partition coefficient (Wildman–Crippen LogP) is 5.05. The van der Waals surface area contributed by atoms with Gasteiger partial charge in [0.05, 0.1) is 19.3 Å². The summed E-state index contributed by atoms with van der Waals surface area (Å²) >= 11 is 0. The number of rotatable bonds is 6. The van der Waals surface area contributed by atoms with Gasteiger partial charge in [-0.3, -0.25) is 0 Å². The van der Waals surface area contributed by atoms with Crippen molar-refractivity contribution in [3.05, 3.63) is 48.0 Å². The molecular weight excluding hydrogens is 318 g/mol. The van der Waals surface area contributed by atoms with Crippen LogP contribution in [-0.2, 0) is 9.16 Å². The Hall–Kier alpha value is -1.59. The monoisotopic (exact) mass is 349 g/mol. The Morgan fingerprint density at radius 2 is 1.75 bits per heavy atom. The summed E-state index contributed by atoms with van der Waals surface area (Å²) in [7, 11) is -0.456. The number of hydrogen-bond donors (Lipinski definition) is 1. The Morgan fingerprint density at radius 1 is 1.17 bits per heavy atom. The van der Waals surface area contributed by atoms with Crippen LogP contribution in [0.15, 0.2) is 42.5 Å². The van der Waals surface area contributed by atoms with Gasteiger partial charge >= 0.3 is 6.09 Å². The number of carbonyl (C=O) groups excluding carboxylic acids is 1. The van der Waals surface area contributed by atoms with E-state index in [0.717, 1.165) is 5.56 Å². The summed E-state index contributed by atoms with van der Waals surface area (Å²) in [6.45, 7) is 13.2. The van der Waals surface area contributed by atoms with Gasteiger partial charge in [-0.15, -0.1) is 0 Å². The SMILES string of the molecule is COC(=O)NC(/C=C/[C@H](C)O[Si](C)(C)C(C)(C)C)c1ccccc1. The molecule has 4 nitrogen and oxygen atoms in total. The minimum atomic E-state index is -1.82. The molecule has 1 rings (SSSR count). The van der Waals surface area contributed by atoms with Crippen LogP contribution in [-0.4, -0.2) is 27.6 Å². The Balaban J connectivity index is 2.86. The van der Waals surface area contributed by atoms with Crippen LogP contribution >= 0.6 is 0 Å². The standard InChI is InChI=1S/C19H31NO3Si/c1-15(23-24(6,7)19(2,3)4)13-14-17(20-18(21)22-5)16-11-9-8-10-12-16/h8-15,17H,1-7H3,(H,20,21)/b14-13+/t15-,17?/m0/s1. The third-order valence-corrected chi connectivity index (χ3v) is 9.05. The zero-order chi connectivity index (χ0) is 18.4. The van der Waals surface area contributed by atoms with Gasteiger partial charge in [-0.25, -0.2) is 4.79 Å². The van der Waals surface area contributed by atoms with E-state index >= 15 is 0 Å². The molecule has 0 spiro atoms. The molecule has 1 N–H and O–H groups in total. The summed E-state index contributed by atoms with van der Waals surface area (Å²) in [6.07, 6.45) is 3.50. The molecule has 0 aliphatic carbocycles. The van der Waals surface area contributed by atoms with Crippen LogP contribution in [0.5, 0.6) is 0 Å². The largest absolute Gasteiger partial charge is 0.453 e. The molecule has 5 heteroatoms. The molecule has 0 radical (unpaired) electrons. The van der Waals surface area contributed by atoms with Gasteiger partial charge in [0.15, 0.2) is 8.32 Å². The molecule has 0 aromatic heterocycles. The van der Waals surface area contributed by atoms with E-state index in [1.807, 2.05) is 49.4 Å². The zero-order valence-corrected chi connectivity index (χ0v) is 16.9. The highest BCUT2D eigenvalue weighted by Crippen LogP contribution is 2.37. The van der Waals surface area contributed by atoms with Gasteiger partial charge < -0.3 is 14.5 Å². The molecule has 0 heterocycles. The van der Waals surface area contributed by atoms with Crippen LogP contribution in [0.2, 0.25) is 18.1 Å². The maximum Gasteiger partial charge on any atom is 0.407 e. The summed E-state index contributed by atoms with van der Waals surface area (Å²) in [4.78, 5) is 11.6. The van der Waals surface area contributed by atoms with Crippen molar-refractivity contribution >= 4 is 14.4 Å². The molecule has 0 aliphatic rings.